The molecule has 19 heavy (non-hydrogen) atoms. The van der Waals surface area contributed by atoms with Gasteiger partial charge in [0.15, 0.2) is 0 Å². The summed E-state index contributed by atoms with van der Waals surface area (Å²) in [4.78, 5) is 13.6. The van der Waals surface area contributed by atoms with Crippen molar-refractivity contribution >= 4 is 11.6 Å². The molecule has 2 heterocycles. The Morgan fingerprint density at radius 1 is 1.47 bits per heavy atom. The highest BCUT2D eigenvalue weighted by Crippen LogP contribution is 2.37. The van der Waals surface area contributed by atoms with Crippen LogP contribution in [0.4, 0.5) is 10.1 Å². The molecule has 1 amide bonds. The Balaban J connectivity index is 1.99. The van der Waals surface area contributed by atoms with E-state index in [0.717, 1.165) is 19.6 Å². The van der Waals surface area contributed by atoms with E-state index in [2.05, 4.69) is 17.1 Å². The minimum atomic E-state index is -0.699. The van der Waals surface area contributed by atoms with E-state index in [9.17, 15) is 9.18 Å². The highest BCUT2D eigenvalue weighted by Gasteiger charge is 2.42. The maximum atomic E-state index is 13.8. The molecule has 3 rings (SSSR count). The molecular formula is C14H18FN3O. The molecule has 3 atom stereocenters. The van der Waals surface area contributed by atoms with Gasteiger partial charge in [-0.2, -0.15) is 0 Å². The number of carbonyl (C=O) groups excluding carboxylic acids is 1. The number of hydrogen-bond acceptors (Lipinski definition) is 3. The zero-order chi connectivity index (χ0) is 13.6. The molecule has 0 saturated carbocycles. The molecule has 0 aliphatic carbocycles. The fourth-order valence-electron chi connectivity index (χ4n) is 3.48. The van der Waals surface area contributed by atoms with Crippen LogP contribution in [0, 0.1) is 17.7 Å². The van der Waals surface area contributed by atoms with Crippen molar-refractivity contribution in [3.8, 4) is 0 Å². The SMILES string of the molecule is CC1C2CNCC2CN1c1cccc(F)c1C(N)=O. The van der Waals surface area contributed by atoms with E-state index in [1.165, 1.54) is 6.07 Å². The van der Waals surface area contributed by atoms with Crippen molar-refractivity contribution in [2.45, 2.75) is 13.0 Å². The van der Waals surface area contributed by atoms with Gasteiger partial charge in [-0.15, -0.1) is 0 Å². The summed E-state index contributed by atoms with van der Waals surface area (Å²) in [6.07, 6.45) is 0. The Labute approximate surface area is 111 Å². The normalized spacial score (nSPS) is 29.6. The Hall–Kier alpha value is -1.62. The van der Waals surface area contributed by atoms with E-state index in [1.54, 1.807) is 12.1 Å². The first-order valence-corrected chi connectivity index (χ1v) is 6.65. The predicted octanol–water partition coefficient (Wildman–Crippen LogP) is 0.969. The molecule has 0 radical (unpaired) electrons. The van der Waals surface area contributed by atoms with Crippen molar-refractivity contribution in [2.75, 3.05) is 24.5 Å². The molecule has 3 N–H and O–H groups in total. The summed E-state index contributed by atoms with van der Waals surface area (Å²) in [5.74, 6) is -0.106. The van der Waals surface area contributed by atoms with Crippen molar-refractivity contribution < 1.29 is 9.18 Å². The van der Waals surface area contributed by atoms with Crippen molar-refractivity contribution in [3.63, 3.8) is 0 Å². The average Bonchev–Trinajstić information content (AvgIpc) is 2.92. The van der Waals surface area contributed by atoms with Crippen molar-refractivity contribution in [1.82, 2.24) is 5.32 Å². The van der Waals surface area contributed by atoms with Crippen LogP contribution in [0.15, 0.2) is 18.2 Å². The van der Waals surface area contributed by atoms with Gasteiger partial charge < -0.3 is 16.0 Å². The number of halogens is 1. The molecule has 0 aromatic heterocycles. The van der Waals surface area contributed by atoms with Crippen LogP contribution >= 0.6 is 0 Å². The monoisotopic (exact) mass is 263 g/mol. The molecule has 2 aliphatic rings. The lowest BCUT2D eigenvalue weighted by molar-refractivity contribution is 0.0997. The number of carbonyl (C=O) groups is 1. The van der Waals surface area contributed by atoms with Gasteiger partial charge in [-0.05, 0) is 30.9 Å². The van der Waals surface area contributed by atoms with Gasteiger partial charge in [0.25, 0.3) is 5.91 Å². The smallest absolute Gasteiger partial charge is 0.253 e. The molecule has 0 spiro atoms. The van der Waals surface area contributed by atoms with Gasteiger partial charge in [0.2, 0.25) is 0 Å². The van der Waals surface area contributed by atoms with Gasteiger partial charge in [0.1, 0.15) is 5.82 Å². The molecular weight excluding hydrogens is 245 g/mol. The van der Waals surface area contributed by atoms with Gasteiger partial charge in [0, 0.05) is 25.7 Å². The molecule has 0 bridgehead atoms. The molecule has 3 unspecified atom stereocenters. The van der Waals surface area contributed by atoms with Gasteiger partial charge >= 0.3 is 0 Å². The quantitative estimate of drug-likeness (QED) is 0.836. The number of amides is 1. The minimum absolute atomic E-state index is 0.0160. The first-order valence-electron chi connectivity index (χ1n) is 6.65. The Kier molecular flexibility index (Phi) is 2.93. The summed E-state index contributed by atoms with van der Waals surface area (Å²) >= 11 is 0. The van der Waals surface area contributed by atoms with E-state index in [-0.39, 0.29) is 5.56 Å². The number of nitrogens with zero attached hydrogens (tertiary/aromatic N) is 1. The van der Waals surface area contributed by atoms with Crippen LogP contribution in [0.25, 0.3) is 0 Å². The second-order valence-corrected chi connectivity index (χ2v) is 5.47. The maximum Gasteiger partial charge on any atom is 0.253 e. The minimum Gasteiger partial charge on any atom is -0.367 e. The summed E-state index contributed by atoms with van der Waals surface area (Å²) in [5.41, 5.74) is 5.98. The molecule has 2 aliphatic heterocycles. The van der Waals surface area contributed by atoms with Crippen LogP contribution < -0.4 is 16.0 Å². The highest BCUT2D eigenvalue weighted by atomic mass is 19.1. The lowest BCUT2D eigenvalue weighted by Gasteiger charge is -2.28. The number of nitrogens with two attached hydrogens (primary N) is 1. The highest BCUT2D eigenvalue weighted by molar-refractivity contribution is 5.99. The largest absolute Gasteiger partial charge is 0.367 e. The van der Waals surface area contributed by atoms with Crippen molar-refractivity contribution in [2.24, 2.45) is 17.6 Å². The topological polar surface area (TPSA) is 58.4 Å². The van der Waals surface area contributed by atoms with E-state index in [1.807, 2.05) is 0 Å². The second-order valence-electron chi connectivity index (χ2n) is 5.47. The lowest BCUT2D eigenvalue weighted by Crippen LogP contribution is -2.35. The molecule has 102 valence electrons. The number of nitrogens with one attached hydrogen (secondary N) is 1. The predicted molar refractivity (Wildman–Crippen MR) is 71.6 cm³/mol. The van der Waals surface area contributed by atoms with E-state index >= 15 is 0 Å². The third-order valence-corrected chi connectivity index (χ3v) is 4.48. The van der Waals surface area contributed by atoms with Crippen LogP contribution in [0.2, 0.25) is 0 Å². The number of hydrogen-bond donors (Lipinski definition) is 2. The van der Waals surface area contributed by atoms with E-state index < -0.39 is 11.7 Å². The summed E-state index contributed by atoms with van der Waals surface area (Å²) < 4.78 is 13.8. The number of anilines is 1. The molecule has 5 heteroatoms. The molecule has 2 fully saturated rings. The standard InChI is InChI=1S/C14H18FN3O/c1-8-10-6-17-5-9(10)7-18(8)12-4-2-3-11(15)13(12)14(16)19/h2-4,8-10,17H,5-7H2,1H3,(H2,16,19). The number of fused-ring (bicyclic) bond motifs is 1. The Morgan fingerprint density at radius 3 is 2.95 bits per heavy atom. The molecule has 1 aromatic rings. The van der Waals surface area contributed by atoms with Crippen LogP contribution in [0.5, 0.6) is 0 Å². The second kappa shape index (κ2) is 4.49. The number of rotatable bonds is 2. The van der Waals surface area contributed by atoms with E-state index in [0.29, 0.717) is 23.6 Å². The summed E-state index contributed by atoms with van der Waals surface area (Å²) in [6, 6.07) is 5.00. The van der Waals surface area contributed by atoms with Crippen LogP contribution in [0.3, 0.4) is 0 Å². The van der Waals surface area contributed by atoms with Gasteiger partial charge in [-0.1, -0.05) is 6.07 Å². The van der Waals surface area contributed by atoms with Crippen LogP contribution in [-0.4, -0.2) is 31.6 Å². The lowest BCUT2D eigenvalue weighted by atomic mass is 9.95. The molecule has 4 nitrogen and oxygen atoms in total. The third-order valence-electron chi connectivity index (χ3n) is 4.48. The molecule has 1 aromatic carbocycles. The number of benzene rings is 1. The Morgan fingerprint density at radius 2 is 2.26 bits per heavy atom. The van der Waals surface area contributed by atoms with Gasteiger partial charge in [-0.25, -0.2) is 4.39 Å². The summed E-state index contributed by atoms with van der Waals surface area (Å²) in [7, 11) is 0. The Bertz CT molecular complexity index is 519. The molecule has 2 saturated heterocycles. The average molecular weight is 263 g/mol. The van der Waals surface area contributed by atoms with Gasteiger partial charge in [-0.3, -0.25) is 4.79 Å². The maximum absolute atomic E-state index is 13.8. The van der Waals surface area contributed by atoms with E-state index in [4.69, 9.17) is 5.73 Å². The summed E-state index contributed by atoms with van der Waals surface area (Å²) in [6.45, 7) is 4.96. The fraction of sp³-hybridized carbons (Fsp3) is 0.500. The van der Waals surface area contributed by atoms with Crippen molar-refractivity contribution in [3.05, 3.63) is 29.6 Å². The zero-order valence-electron chi connectivity index (χ0n) is 10.9. The number of primary amides is 1. The van der Waals surface area contributed by atoms with Gasteiger partial charge in [0.05, 0.1) is 11.3 Å². The summed E-state index contributed by atoms with van der Waals surface area (Å²) in [5, 5.41) is 3.38. The fourth-order valence-corrected chi connectivity index (χ4v) is 3.48. The zero-order valence-corrected chi connectivity index (χ0v) is 10.9. The first kappa shape index (κ1) is 12.4. The first-order chi connectivity index (χ1) is 9.09. The van der Waals surface area contributed by atoms with Crippen LogP contribution in [0.1, 0.15) is 17.3 Å². The third kappa shape index (κ3) is 1.89. The van der Waals surface area contributed by atoms with Crippen molar-refractivity contribution in [1.29, 1.82) is 0 Å². The van der Waals surface area contributed by atoms with Crippen LogP contribution in [-0.2, 0) is 0 Å².